The Morgan fingerprint density at radius 1 is 1.04 bits per heavy atom. The molecule has 0 heterocycles. The second kappa shape index (κ2) is 6.74. The molecule has 124 valence electrons. The van der Waals surface area contributed by atoms with Gasteiger partial charge in [0.1, 0.15) is 11.5 Å². The summed E-state index contributed by atoms with van der Waals surface area (Å²) in [5, 5.41) is 11.9. The van der Waals surface area contributed by atoms with E-state index in [1.54, 1.807) is 24.3 Å². The number of benzene rings is 2. The standard InChI is InChI=1S/C19H19NO4/c21-17(22)13-19(10-5-11-19)20-18(23)14-6-4-9-16(12-14)24-15-7-2-1-3-8-15/h1-4,6-9,12H,5,10-11,13H2,(H,20,23)(H,21,22). The Morgan fingerprint density at radius 3 is 2.38 bits per heavy atom. The predicted octanol–water partition coefficient (Wildman–Crippen LogP) is 3.61. The van der Waals surface area contributed by atoms with E-state index in [2.05, 4.69) is 5.32 Å². The molecule has 0 bridgehead atoms. The lowest BCUT2D eigenvalue weighted by Crippen LogP contribution is -2.54. The lowest BCUT2D eigenvalue weighted by molar-refractivity contribution is -0.139. The van der Waals surface area contributed by atoms with E-state index in [4.69, 9.17) is 9.84 Å². The average molecular weight is 325 g/mol. The summed E-state index contributed by atoms with van der Waals surface area (Å²) in [7, 11) is 0. The van der Waals surface area contributed by atoms with E-state index < -0.39 is 11.5 Å². The zero-order valence-corrected chi connectivity index (χ0v) is 13.2. The predicted molar refractivity (Wildman–Crippen MR) is 89.3 cm³/mol. The molecule has 2 aromatic carbocycles. The molecular weight excluding hydrogens is 306 g/mol. The average Bonchev–Trinajstić information content (AvgIpc) is 2.53. The third kappa shape index (κ3) is 3.74. The van der Waals surface area contributed by atoms with E-state index in [1.807, 2.05) is 30.3 Å². The smallest absolute Gasteiger partial charge is 0.305 e. The van der Waals surface area contributed by atoms with Crippen LogP contribution in [-0.4, -0.2) is 22.5 Å². The van der Waals surface area contributed by atoms with Crippen LogP contribution in [0.15, 0.2) is 54.6 Å². The fraction of sp³-hybridized carbons (Fsp3) is 0.263. The van der Waals surface area contributed by atoms with E-state index in [-0.39, 0.29) is 12.3 Å². The number of para-hydroxylation sites is 1. The number of rotatable bonds is 6. The molecule has 5 nitrogen and oxygen atoms in total. The second-order valence-electron chi connectivity index (χ2n) is 6.10. The van der Waals surface area contributed by atoms with Crippen molar-refractivity contribution >= 4 is 11.9 Å². The number of amides is 1. The molecular formula is C19H19NO4. The largest absolute Gasteiger partial charge is 0.481 e. The maximum atomic E-state index is 12.5. The SMILES string of the molecule is O=C(O)CC1(NC(=O)c2cccc(Oc3ccccc3)c2)CCC1. The fourth-order valence-electron chi connectivity index (χ4n) is 2.88. The van der Waals surface area contributed by atoms with Gasteiger partial charge in [0.05, 0.1) is 12.0 Å². The highest BCUT2D eigenvalue weighted by molar-refractivity contribution is 5.95. The zero-order valence-electron chi connectivity index (χ0n) is 13.2. The summed E-state index contributed by atoms with van der Waals surface area (Å²) in [5.74, 6) is 0.0942. The highest BCUT2D eigenvalue weighted by atomic mass is 16.5. The van der Waals surface area contributed by atoms with Crippen molar-refractivity contribution in [2.75, 3.05) is 0 Å². The van der Waals surface area contributed by atoms with Crippen LogP contribution < -0.4 is 10.1 Å². The first kappa shape index (κ1) is 16.1. The Kier molecular flexibility index (Phi) is 4.51. The summed E-state index contributed by atoms with van der Waals surface area (Å²) in [5.41, 5.74) is -0.153. The van der Waals surface area contributed by atoms with Crippen LogP contribution in [0.25, 0.3) is 0 Å². The van der Waals surface area contributed by atoms with Crippen molar-refractivity contribution in [3.8, 4) is 11.5 Å². The Balaban J connectivity index is 1.71. The monoisotopic (exact) mass is 325 g/mol. The number of carboxylic acid groups (broad SMARTS) is 1. The number of hydrogen-bond donors (Lipinski definition) is 2. The van der Waals surface area contributed by atoms with Gasteiger partial charge in [-0.15, -0.1) is 0 Å². The molecule has 1 amide bonds. The summed E-state index contributed by atoms with van der Waals surface area (Å²) < 4.78 is 5.73. The van der Waals surface area contributed by atoms with E-state index in [1.165, 1.54) is 0 Å². The van der Waals surface area contributed by atoms with Crippen LogP contribution in [0.3, 0.4) is 0 Å². The number of hydrogen-bond acceptors (Lipinski definition) is 3. The minimum Gasteiger partial charge on any atom is -0.481 e. The lowest BCUT2D eigenvalue weighted by atomic mass is 9.74. The van der Waals surface area contributed by atoms with Crippen molar-refractivity contribution in [3.05, 3.63) is 60.2 Å². The molecule has 24 heavy (non-hydrogen) atoms. The maximum Gasteiger partial charge on any atom is 0.305 e. The Hall–Kier alpha value is -2.82. The summed E-state index contributed by atoms with van der Waals surface area (Å²) in [6.07, 6.45) is 2.29. The maximum absolute atomic E-state index is 12.5. The quantitative estimate of drug-likeness (QED) is 0.851. The molecule has 1 aliphatic rings. The molecule has 0 aliphatic heterocycles. The van der Waals surface area contributed by atoms with Gasteiger partial charge in [0.2, 0.25) is 0 Å². The van der Waals surface area contributed by atoms with Gasteiger partial charge in [-0.3, -0.25) is 9.59 Å². The van der Waals surface area contributed by atoms with Gasteiger partial charge in [-0.1, -0.05) is 24.3 Å². The van der Waals surface area contributed by atoms with Crippen LogP contribution in [0.4, 0.5) is 0 Å². The van der Waals surface area contributed by atoms with Gasteiger partial charge in [-0.2, -0.15) is 0 Å². The molecule has 0 aromatic heterocycles. The van der Waals surface area contributed by atoms with E-state index in [9.17, 15) is 9.59 Å². The molecule has 0 radical (unpaired) electrons. The van der Waals surface area contributed by atoms with Crippen LogP contribution >= 0.6 is 0 Å². The number of aliphatic carboxylic acids is 1. The minimum atomic E-state index is -0.892. The van der Waals surface area contributed by atoms with Gasteiger partial charge in [0.25, 0.3) is 5.91 Å². The van der Waals surface area contributed by atoms with E-state index in [0.717, 1.165) is 6.42 Å². The second-order valence-corrected chi connectivity index (χ2v) is 6.10. The molecule has 1 saturated carbocycles. The van der Waals surface area contributed by atoms with Gasteiger partial charge in [0.15, 0.2) is 0 Å². The molecule has 5 heteroatoms. The third-order valence-electron chi connectivity index (χ3n) is 4.25. The normalized spacial score (nSPS) is 15.2. The van der Waals surface area contributed by atoms with Crippen molar-refractivity contribution in [3.63, 3.8) is 0 Å². The molecule has 2 N–H and O–H groups in total. The minimum absolute atomic E-state index is 0.0427. The van der Waals surface area contributed by atoms with Gasteiger partial charge in [0, 0.05) is 5.56 Å². The van der Waals surface area contributed by atoms with Gasteiger partial charge >= 0.3 is 5.97 Å². The first-order valence-electron chi connectivity index (χ1n) is 7.94. The van der Waals surface area contributed by atoms with Crippen LogP contribution in [0.1, 0.15) is 36.0 Å². The molecule has 1 fully saturated rings. The molecule has 1 aliphatic carbocycles. The fourth-order valence-corrected chi connectivity index (χ4v) is 2.88. The highest BCUT2D eigenvalue weighted by Gasteiger charge is 2.40. The summed E-state index contributed by atoms with van der Waals surface area (Å²) in [6.45, 7) is 0. The molecule has 0 atom stereocenters. The molecule has 0 unspecified atom stereocenters. The summed E-state index contributed by atoms with van der Waals surface area (Å²) >= 11 is 0. The number of carboxylic acids is 1. The van der Waals surface area contributed by atoms with Crippen LogP contribution in [0, 0.1) is 0 Å². The van der Waals surface area contributed by atoms with Crippen molar-refractivity contribution < 1.29 is 19.4 Å². The van der Waals surface area contributed by atoms with Crippen LogP contribution in [0.5, 0.6) is 11.5 Å². The van der Waals surface area contributed by atoms with Crippen molar-refractivity contribution in [2.45, 2.75) is 31.2 Å². The zero-order chi connectivity index (χ0) is 17.0. The Morgan fingerprint density at radius 2 is 1.75 bits per heavy atom. The highest BCUT2D eigenvalue weighted by Crippen LogP contribution is 2.35. The van der Waals surface area contributed by atoms with Crippen LogP contribution in [0.2, 0.25) is 0 Å². The summed E-state index contributed by atoms with van der Waals surface area (Å²) in [4.78, 5) is 23.5. The van der Waals surface area contributed by atoms with Crippen molar-refractivity contribution in [1.82, 2.24) is 5.32 Å². The Labute approximate surface area is 140 Å². The van der Waals surface area contributed by atoms with Crippen molar-refractivity contribution in [2.24, 2.45) is 0 Å². The number of carbonyl (C=O) groups is 2. The first-order valence-corrected chi connectivity index (χ1v) is 7.94. The summed E-state index contributed by atoms with van der Waals surface area (Å²) in [6, 6.07) is 16.2. The van der Waals surface area contributed by atoms with Gasteiger partial charge in [-0.25, -0.2) is 0 Å². The molecule has 3 rings (SSSR count). The van der Waals surface area contributed by atoms with Crippen molar-refractivity contribution in [1.29, 1.82) is 0 Å². The Bertz CT molecular complexity index is 738. The number of carbonyl (C=O) groups excluding carboxylic acids is 1. The van der Waals surface area contributed by atoms with E-state index in [0.29, 0.717) is 29.9 Å². The van der Waals surface area contributed by atoms with Crippen LogP contribution in [-0.2, 0) is 4.79 Å². The first-order chi connectivity index (χ1) is 11.6. The van der Waals surface area contributed by atoms with Gasteiger partial charge in [-0.05, 0) is 49.6 Å². The molecule has 0 saturated heterocycles. The van der Waals surface area contributed by atoms with E-state index >= 15 is 0 Å². The number of ether oxygens (including phenoxy) is 1. The third-order valence-corrected chi connectivity index (χ3v) is 4.25. The lowest BCUT2D eigenvalue weighted by Gasteiger charge is -2.41. The molecule has 2 aromatic rings. The topological polar surface area (TPSA) is 75.6 Å². The van der Waals surface area contributed by atoms with Gasteiger partial charge < -0.3 is 15.2 Å². The number of nitrogens with one attached hydrogen (secondary N) is 1. The molecule has 0 spiro atoms.